The van der Waals surface area contributed by atoms with E-state index in [1.165, 1.54) is 12.8 Å². The van der Waals surface area contributed by atoms with Crippen LogP contribution < -0.4 is 9.47 Å². The Bertz CT molecular complexity index is 603. The van der Waals surface area contributed by atoms with Gasteiger partial charge in [0.25, 0.3) is 0 Å². The van der Waals surface area contributed by atoms with Crippen molar-refractivity contribution >= 4 is 17.6 Å². The van der Waals surface area contributed by atoms with Crippen LogP contribution in [0.15, 0.2) is 12.1 Å². The number of hydrogen-bond donors (Lipinski definition) is 1. The molecular weight excluding hydrogens is 318 g/mol. The molecule has 1 heterocycles. The van der Waals surface area contributed by atoms with Crippen LogP contribution >= 0.6 is 11.6 Å². The molecule has 1 N–H and O–H groups in total. The summed E-state index contributed by atoms with van der Waals surface area (Å²) in [6.45, 7) is 2.05. The summed E-state index contributed by atoms with van der Waals surface area (Å²) in [7, 11) is 3.18. The predicted octanol–water partition coefficient (Wildman–Crippen LogP) is 2.90. The molecule has 1 aromatic rings. The summed E-state index contributed by atoms with van der Waals surface area (Å²) in [6, 6.07) is 3.63. The van der Waals surface area contributed by atoms with Gasteiger partial charge < -0.3 is 14.6 Å². The first-order valence-electron chi connectivity index (χ1n) is 7.89. The van der Waals surface area contributed by atoms with E-state index in [-0.39, 0.29) is 11.8 Å². The first-order valence-corrected chi connectivity index (χ1v) is 8.26. The highest BCUT2D eigenvalue weighted by molar-refractivity contribution is 6.32. The van der Waals surface area contributed by atoms with Gasteiger partial charge in [0.05, 0.1) is 25.2 Å². The summed E-state index contributed by atoms with van der Waals surface area (Å²) in [5, 5.41) is 10.0. The molecule has 0 radical (unpaired) electrons. The molecule has 0 aromatic heterocycles. The molecule has 6 heteroatoms. The molecule has 126 valence electrons. The van der Waals surface area contributed by atoms with Crippen molar-refractivity contribution in [3.05, 3.63) is 22.7 Å². The summed E-state index contributed by atoms with van der Waals surface area (Å²) >= 11 is 6.22. The van der Waals surface area contributed by atoms with Crippen LogP contribution in [0.1, 0.15) is 18.4 Å². The Balaban J connectivity index is 1.77. The lowest BCUT2D eigenvalue weighted by Gasteiger charge is -2.19. The normalized spacial score (nSPS) is 24.7. The molecule has 1 aliphatic carbocycles. The van der Waals surface area contributed by atoms with Crippen LogP contribution in [-0.4, -0.2) is 43.3 Å². The third-order valence-electron chi connectivity index (χ3n) is 4.93. The van der Waals surface area contributed by atoms with Crippen LogP contribution in [0, 0.1) is 17.8 Å². The standard InChI is InChI=1S/C17H22ClNO4/c1-22-15-6-16(23-2)14(18)5-11(15)7-19-8-12(10-3-4-10)13(9-19)17(20)21/h5-6,10,12-13H,3-4,7-9H2,1-2H3,(H,20,21)/t12-,13+/m1/s1. The van der Waals surface area contributed by atoms with Gasteiger partial charge in [-0.15, -0.1) is 0 Å². The first-order chi connectivity index (χ1) is 11.0. The molecule has 1 aromatic carbocycles. The third kappa shape index (κ3) is 3.40. The van der Waals surface area contributed by atoms with E-state index in [0.717, 1.165) is 12.1 Å². The SMILES string of the molecule is COc1cc(OC)c(CN2C[C@H](C(=O)O)[C@@H](C3CC3)C2)cc1Cl. The van der Waals surface area contributed by atoms with Crippen molar-refractivity contribution in [2.24, 2.45) is 17.8 Å². The topological polar surface area (TPSA) is 59.0 Å². The smallest absolute Gasteiger partial charge is 0.308 e. The number of nitrogens with zero attached hydrogens (tertiary/aromatic N) is 1. The summed E-state index contributed by atoms with van der Waals surface area (Å²) in [6.07, 6.45) is 2.33. The Labute approximate surface area is 141 Å². The van der Waals surface area contributed by atoms with Gasteiger partial charge in [-0.1, -0.05) is 11.6 Å². The Morgan fingerprint density at radius 2 is 1.96 bits per heavy atom. The molecule has 23 heavy (non-hydrogen) atoms. The monoisotopic (exact) mass is 339 g/mol. The van der Waals surface area contributed by atoms with Crippen LogP contribution in [0.5, 0.6) is 11.5 Å². The lowest BCUT2D eigenvalue weighted by Crippen LogP contribution is -2.24. The summed E-state index contributed by atoms with van der Waals surface area (Å²) < 4.78 is 10.6. The van der Waals surface area contributed by atoms with Gasteiger partial charge >= 0.3 is 5.97 Å². The van der Waals surface area contributed by atoms with Crippen molar-refractivity contribution < 1.29 is 19.4 Å². The van der Waals surface area contributed by atoms with Crippen LogP contribution in [0.3, 0.4) is 0 Å². The molecule has 0 unspecified atom stereocenters. The van der Waals surface area contributed by atoms with E-state index >= 15 is 0 Å². The highest BCUT2D eigenvalue weighted by atomic mass is 35.5. The first kappa shape index (κ1) is 16.4. The van der Waals surface area contributed by atoms with Gasteiger partial charge in [-0.25, -0.2) is 0 Å². The van der Waals surface area contributed by atoms with Crippen LogP contribution in [-0.2, 0) is 11.3 Å². The third-order valence-corrected chi connectivity index (χ3v) is 5.23. The Morgan fingerprint density at radius 3 is 2.52 bits per heavy atom. The molecule has 3 rings (SSSR count). The second kappa shape index (κ2) is 6.57. The Morgan fingerprint density at radius 1 is 1.26 bits per heavy atom. The molecule has 2 aliphatic rings. The fraction of sp³-hybridized carbons (Fsp3) is 0.588. The minimum absolute atomic E-state index is 0.262. The zero-order chi connectivity index (χ0) is 16.6. The van der Waals surface area contributed by atoms with Gasteiger partial charge in [0.15, 0.2) is 0 Å². The largest absolute Gasteiger partial charge is 0.496 e. The number of hydrogen-bond acceptors (Lipinski definition) is 4. The minimum atomic E-state index is -0.677. The van der Waals surface area contributed by atoms with Gasteiger partial charge in [-0.2, -0.15) is 0 Å². The average Bonchev–Trinajstić information content (AvgIpc) is 3.28. The number of halogens is 1. The summed E-state index contributed by atoms with van der Waals surface area (Å²) in [5.74, 6) is 1.21. The molecule has 5 nitrogen and oxygen atoms in total. The van der Waals surface area contributed by atoms with Crippen molar-refractivity contribution in [1.82, 2.24) is 4.90 Å². The second-order valence-electron chi connectivity index (χ2n) is 6.44. The van der Waals surface area contributed by atoms with E-state index in [4.69, 9.17) is 21.1 Å². The molecule has 1 aliphatic heterocycles. The molecule has 1 saturated heterocycles. The van der Waals surface area contributed by atoms with E-state index < -0.39 is 5.97 Å². The number of ether oxygens (including phenoxy) is 2. The average molecular weight is 340 g/mol. The van der Waals surface area contributed by atoms with Crippen molar-refractivity contribution in [3.8, 4) is 11.5 Å². The molecule has 0 amide bonds. The number of carboxylic acids is 1. The van der Waals surface area contributed by atoms with E-state index in [9.17, 15) is 9.90 Å². The summed E-state index contributed by atoms with van der Waals surface area (Å²) in [4.78, 5) is 13.7. The lowest BCUT2D eigenvalue weighted by molar-refractivity contribution is -0.142. The van der Waals surface area contributed by atoms with Crippen molar-refractivity contribution in [2.45, 2.75) is 19.4 Å². The quantitative estimate of drug-likeness (QED) is 0.863. The fourth-order valence-electron chi connectivity index (χ4n) is 3.59. The van der Waals surface area contributed by atoms with E-state index in [1.807, 2.05) is 6.07 Å². The summed E-state index contributed by atoms with van der Waals surface area (Å²) in [5.41, 5.74) is 0.957. The number of rotatable bonds is 6. The maximum Gasteiger partial charge on any atom is 0.308 e. The van der Waals surface area contributed by atoms with E-state index in [2.05, 4.69) is 4.90 Å². The molecule has 0 spiro atoms. The fourth-order valence-corrected chi connectivity index (χ4v) is 3.86. The van der Waals surface area contributed by atoms with Crippen LogP contribution in [0.2, 0.25) is 5.02 Å². The molecule has 2 fully saturated rings. The number of carbonyl (C=O) groups is 1. The zero-order valence-corrected chi connectivity index (χ0v) is 14.2. The Hall–Kier alpha value is -1.46. The predicted molar refractivity (Wildman–Crippen MR) is 87.2 cm³/mol. The van der Waals surface area contributed by atoms with Crippen molar-refractivity contribution in [2.75, 3.05) is 27.3 Å². The minimum Gasteiger partial charge on any atom is -0.496 e. The second-order valence-corrected chi connectivity index (χ2v) is 6.85. The van der Waals surface area contributed by atoms with Crippen LogP contribution in [0.4, 0.5) is 0 Å². The number of likely N-dealkylation sites (tertiary alicyclic amines) is 1. The molecule has 2 atom stereocenters. The van der Waals surface area contributed by atoms with Gasteiger partial charge in [-0.05, 0) is 30.7 Å². The highest BCUT2D eigenvalue weighted by Gasteiger charge is 2.45. The van der Waals surface area contributed by atoms with Crippen molar-refractivity contribution in [3.63, 3.8) is 0 Å². The molecular formula is C17H22ClNO4. The molecule has 0 bridgehead atoms. The Kier molecular flexibility index (Phi) is 4.69. The highest BCUT2D eigenvalue weighted by Crippen LogP contribution is 2.44. The van der Waals surface area contributed by atoms with E-state index in [0.29, 0.717) is 35.5 Å². The maximum atomic E-state index is 11.5. The van der Waals surface area contributed by atoms with Gasteiger partial charge in [0.2, 0.25) is 0 Å². The van der Waals surface area contributed by atoms with Gasteiger partial charge in [-0.3, -0.25) is 9.69 Å². The van der Waals surface area contributed by atoms with Crippen molar-refractivity contribution in [1.29, 1.82) is 0 Å². The molecule has 1 saturated carbocycles. The lowest BCUT2D eigenvalue weighted by atomic mass is 9.92. The zero-order valence-electron chi connectivity index (χ0n) is 13.4. The number of benzene rings is 1. The van der Waals surface area contributed by atoms with Gasteiger partial charge in [0, 0.05) is 31.3 Å². The number of methoxy groups -OCH3 is 2. The number of aliphatic carboxylic acids is 1. The van der Waals surface area contributed by atoms with Gasteiger partial charge in [0.1, 0.15) is 11.5 Å². The van der Waals surface area contributed by atoms with E-state index in [1.54, 1.807) is 20.3 Å². The van der Waals surface area contributed by atoms with Crippen LogP contribution in [0.25, 0.3) is 0 Å². The maximum absolute atomic E-state index is 11.5. The number of carboxylic acid groups (broad SMARTS) is 1.